The topological polar surface area (TPSA) is 113 Å². The second-order valence-corrected chi connectivity index (χ2v) is 5.44. The Kier molecular flexibility index (Phi) is 5.68. The molecule has 0 aliphatic heterocycles. The molecule has 0 bridgehead atoms. The Labute approximate surface area is 116 Å². The van der Waals surface area contributed by atoms with E-state index in [1.165, 1.54) is 31.4 Å². The van der Waals surface area contributed by atoms with Crippen molar-refractivity contribution in [2.45, 2.75) is 4.90 Å². The molecule has 1 rings (SSSR count). The molecular formula is C12H15NO6S. The summed E-state index contributed by atoms with van der Waals surface area (Å²) in [5, 5.41) is 17.2. The molecule has 0 spiro atoms. The summed E-state index contributed by atoms with van der Waals surface area (Å²) in [6.07, 6.45) is 2.17. The molecule has 1 aromatic carbocycles. The van der Waals surface area contributed by atoms with Gasteiger partial charge in [0.2, 0.25) is 10.0 Å². The molecule has 0 radical (unpaired) electrons. The zero-order chi connectivity index (χ0) is 15.2. The number of aliphatic hydroxyl groups is 1. The minimum Gasteiger partial charge on any atom is -0.495 e. The predicted octanol–water partition coefficient (Wildman–Crippen LogP) is 0.0636. The minimum absolute atomic E-state index is 0.124. The van der Waals surface area contributed by atoms with Gasteiger partial charge in [-0.2, -0.15) is 0 Å². The first kappa shape index (κ1) is 16.2. The second kappa shape index (κ2) is 7.04. The monoisotopic (exact) mass is 301 g/mol. The molecule has 20 heavy (non-hydrogen) atoms. The van der Waals surface area contributed by atoms with E-state index in [9.17, 15) is 13.2 Å². The Morgan fingerprint density at radius 2 is 2.15 bits per heavy atom. The third-order valence-corrected chi connectivity index (χ3v) is 3.78. The smallest absolute Gasteiger partial charge is 0.328 e. The molecule has 0 aliphatic rings. The SMILES string of the molecule is COc1ccc(/C=C\C(=O)O)cc1S(=O)(=O)NCCO. The van der Waals surface area contributed by atoms with Crippen LogP contribution in [-0.4, -0.2) is 44.9 Å². The number of hydrogen-bond acceptors (Lipinski definition) is 5. The largest absolute Gasteiger partial charge is 0.495 e. The maximum Gasteiger partial charge on any atom is 0.328 e. The molecule has 1 aromatic rings. The first-order valence-corrected chi connectivity index (χ1v) is 7.08. The molecule has 0 saturated heterocycles. The fraction of sp³-hybridized carbons (Fsp3) is 0.250. The van der Waals surface area contributed by atoms with Crippen molar-refractivity contribution in [1.82, 2.24) is 4.72 Å². The summed E-state index contributed by atoms with van der Waals surface area (Å²) >= 11 is 0. The molecule has 0 atom stereocenters. The van der Waals surface area contributed by atoms with Crippen molar-refractivity contribution < 1.29 is 28.2 Å². The van der Waals surface area contributed by atoms with E-state index >= 15 is 0 Å². The Morgan fingerprint density at radius 1 is 1.45 bits per heavy atom. The highest BCUT2D eigenvalue weighted by atomic mass is 32.2. The number of aliphatic carboxylic acids is 1. The van der Waals surface area contributed by atoms with Crippen LogP contribution in [0.1, 0.15) is 5.56 Å². The Hall–Kier alpha value is -1.90. The number of hydrogen-bond donors (Lipinski definition) is 3. The molecule has 110 valence electrons. The highest BCUT2D eigenvalue weighted by molar-refractivity contribution is 7.89. The number of methoxy groups -OCH3 is 1. The highest BCUT2D eigenvalue weighted by Crippen LogP contribution is 2.25. The zero-order valence-electron chi connectivity index (χ0n) is 10.7. The highest BCUT2D eigenvalue weighted by Gasteiger charge is 2.19. The van der Waals surface area contributed by atoms with Crippen LogP contribution in [0.3, 0.4) is 0 Å². The molecule has 7 nitrogen and oxygen atoms in total. The van der Waals surface area contributed by atoms with E-state index in [2.05, 4.69) is 4.72 Å². The van der Waals surface area contributed by atoms with E-state index in [-0.39, 0.29) is 23.8 Å². The number of sulfonamides is 1. The molecule has 0 aromatic heterocycles. The van der Waals surface area contributed by atoms with Gasteiger partial charge in [0, 0.05) is 12.6 Å². The van der Waals surface area contributed by atoms with Gasteiger partial charge in [-0.1, -0.05) is 6.07 Å². The standard InChI is InChI=1S/C12H15NO6S/c1-19-10-4-2-9(3-5-12(15)16)8-11(10)20(17,18)13-6-7-14/h2-5,8,13-14H,6-7H2,1H3,(H,15,16)/b5-3-. The van der Waals surface area contributed by atoms with Gasteiger partial charge < -0.3 is 14.9 Å². The van der Waals surface area contributed by atoms with Crippen molar-refractivity contribution >= 4 is 22.1 Å². The normalized spacial score (nSPS) is 11.7. The van der Waals surface area contributed by atoms with Gasteiger partial charge in [0.25, 0.3) is 0 Å². The first-order chi connectivity index (χ1) is 9.40. The predicted molar refractivity (Wildman–Crippen MR) is 71.9 cm³/mol. The molecule has 3 N–H and O–H groups in total. The third kappa shape index (κ3) is 4.34. The lowest BCUT2D eigenvalue weighted by atomic mass is 10.2. The summed E-state index contributed by atoms with van der Waals surface area (Å²) in [7, 11) is -2.52. The van der Waals surface area contributed by atoms with Crippen LogP contribution in [0.4, 0.5) is 0 Å². The van der Waals surface area contributed by atoms with Crippen LogP contribution in [0, 0.1) is 0 Å². The van der Waals surface area contributed by atoms with Crippen LogP contribution in [0.15, 0.2) is 29.2 Å². The van der Waals surface area contributed by atoms with Crippen LogP contribution >= 0.6 is 0 Å². The summed E-state index contributed by atoms with van der Waals surface area (Å²) in [6.45, 7) is -0.458. The van der Waals surface area contributed by atoms with E-state index < -0.39 is 16.0 Å². The maximum absolute atomic E-state index is 12.0. The van der Waals surface area contributed by atoms with E-state index in [1.807, 2.05) is 0 Å². The quantitative estimate of drug-likeness (QED) is 0.614. The van der Waals surface area contributed by atoms with Crippen LogP contribution in [0.25, 0.3) is 6.08 Å². The summed E-state index contributed by atoms with van der Waals surface area (Å²) in [4.78, 5) is 10.3. The van der Waals surface area contributed by atoms with Crippen molar-refractivity contribution in [3.05, 3.63) is 29.8 Å². The van der Waals surface area contributed by atoms with Crippen molar-refractivity contribution in [3.63, 3.8) is 0 Å². The van der Waals surface area contributed by atoms with E-state index in [4.69, 9.17) is 14.9 Å². The fourth-order valence-electron chi connectivity index (χ4n) is 1.43. The van der Waals surface area contributed by atoms with Crippen LogP contribution in [0.2, 0.25) is 0 Å². The molecule has 8 heteroatoms. The Morgan fingerprint density at radius 3 is 2.70 bits per heavy atom. The van der Waals surface area contributed by atoms with E-state index in [0.717, 1.165) is 6.08 Å². The van der Waals surface area contributed by atoms with Gasteiger partial charge in [-0.25, -0.2) is 17.9 Å². The maximum atomic E-state index is 12.0. The van der Waals surface area contributed by atoms with Crippen LogP contribution in [0.5, 0.6) is 5.75 Å². The molecule has 0 heterocycles. The second-order valence-electron chi connectivity index (χ2n) is 3.70. The number of ether oxygens (including phenoxy) is 1. The van der Waals surface area contributed by atoms with Crippen molar-refractivity contribution in [2.75, 3.05) is 20.3 Å². The van der Waals surface area contributed by atoms with E-state index in [1.54, 1.807) is 0 Å². The van der Waals surface area contributed by atoms with Gasteiger partial charge >= 0.3 is 5.97 Å². The Bertz CT molecular complexity index is 608. The summed E-state index contributed by atoms with van der Waals surface area (Å²) in [6, 6.07) is 4.25. The lowest BCUT2D eigenvalue weighted by Crippen LogP contribution is -2.27. The van der Waals surface area contributed by atoms with Gasteiger partial charge in [0.15, 0.2) is 0 Å². The minimum atomic E-state index is -3.84. The van der Waals surface area contributed by atoms with Gasteiger partial charge in [-0.3, -0.25) is 0 Å². The first-order valence-electron chi connectivity index (χ1n) is 5.60. The number of aliphatic hydroxyl groups excluding tert-OH is 1. The average molecular weight is 301 g/mol. The summed E-state index contributed by atoms with van der Waals surface area (Å²) < 4.78 is 31.2. The van der Waals surface area contributed by atoms with Gasteiger partial charge in [-0.15, -0.1) is 0 Å². The molecule has 0 aliphatic carbocycles. The number of carbonyl (C=O) groups is 1. The zero-order valence-corrected chi connectivity index (χ0v) is 11.6. The summed E-state index contributed by atoms with van der Waals surface area (Å²) in [5.41, 5.74) is 0.401. The fourth-order valence-corrected chi connectivity index (χ4v) is 2.66. The van der Waals surface area contributed by atoms with Gasteiger partial charge in [0.05, 0.1) is 13.7 Å². The van der Waals surface area contributed by atoms with Crippen molar-refractivity contribution in [1.29, 1.82) is 0 Å². The van der Waals surface area contributed by atoms with E-state index in [0.29, 0.717) is 5.56 Å². The van der Waals surface area contributed by atoms with Crippen molar-refractivity contribution in [2.24, 2.45) is 0 Å². The number of benzene rings is 1. The number of carboxylic acids is 1. The van der Waals surface area contributed by atoms with Gasteiger partial charge in [0.1, 0.15) is 10.6 Å². The van der Waals surface area contributed by atoms with Gasteiger partial charge in [-0.05, 0) is 23.8 Å². The molecule has 0 unspecified atom stereocenters. The number of rotatable bonds is 7. The Balaban J connectivity index is 3.21. The lowest BCUT2D eigenvalue weighted by Gasteiger charge is -2.10. The molecule has 0 amide bonds. The molecule has 0 saturated carbocycles. The van der Waals surface area contributed by atoms with Crippen LogP contribution < -0.4 is 9.46 Å². The lowest BCUT2D eigenvalue weighted by molar-refractivity contribution is -0.131. The average Bonchev–Trinajstić information content (AvgIpc) is 2.42. The third-order valence-electron chi connectivity index (χ3n) is 2.30. The molecular weight excluding hydrogens is 286 g/mol. The molecule has 0 fully saturated rings. The summed E-state index contributed by atoms with van der Waals surface area (Å²) in [5.74, 6) is -1.01. The van der Waals surface area contributed by atoms with Crippen LogP contribution in [-0.2, 0) is 14.8 Å². The number of nitrogens with one attached hydrogen (secondary N) is 1. The van der Waals surface area contributed by atoms with Crippen molar-refractivity contribution in [3.8, 4) is 5.75 Å². The number of carboxylic acid groups (broad SMARTS) is 1.